The van der Waals surface area contributed by atoms with Gasteiger partial charge in [0.2, 0.25) is 0 Å². The van der Waals surface area contributed by atoms with Crippen LogP contribution < -0.4 is 0 Å². The normalized spacial score (nSPS) is 10.4. The lowest BCUT2D eigenvalue weighted by molar-refractivity contribution is 0.0744. The van der Waals surface area contributed by atoms with E-state index in [4.69, 9.17) is 0 Å². The van der Waals surface area contributed by atoms with Crippen molar-refractivity contribution in [3.63, 3.8) is 0 Å². The van der Waals surface area contributed by atoms with E-state index < -0.39 is 0 Å². The van der Waals surface area contributed by atoms with Crippen LogP contribution in [0.3, 0.4) is 0 Å². The molecule has 0 bridgehead atoms. The molecule has 1 aromatic heterocycles. The van der Waals surface area contributed by atoms with Crippen molar-refractivity contribution >= 4 is 21.8 Å². The molecule has 3 aromatic rings. The van der Waals surface area contributed by atoms with Gasteiger partial charge in [0.05, 0.1) is 5.56 Å². The first-order valence-corrected chi connectivity index (χ1v) is 9.00. The summed E-state index contributed by atoms with van der Waals surface area (Å²) in [4.78, 5) is 19.0. The van der Waals surface area contributed by atoms with Crippen LogP contribution in [-0.4, -0.2) is 22.3 Å². The maximum atomic E-state index is 13.0. The molecule has 1 heterocycles. The largest absolute Gasteiger partial charge is 0.334 e. The molecule has 0 aliphatic heterocycles. The molecule has 0 aliphatic rings. The number of benzene rings is 2. The van der Waals surface area contributed by atoms with E-state index in [1.807, 2.05) is 53.4 Å². The number of nitrogens with zero attached hydrogens (tertiary/aromatic N) is 2. The quantitative estimate of drug-likeness (QED) is 0.566. The van der Waals surface area contributed by atoms with Crippen molar-refractivity contribution in [2.45, 2.75) is 13.0 Å². The molecule has 2 aromatic carbocycles. The molecular formula is C21H19BrN2O. The second-order valence-corrected chi connectivity index (χ2v) is 6.63. The van der Waals surface area contributed by atoms with E-state index >= 15 is 0 Å². The highest BCUT2D eigenvalue weighted by Crippen LogP contribution is 2.13. The van der Waals surface area contributed by atoms with Gasteiger partial charge >= 0.3 is 0 Å². The lowest BCUT2D eigenvalue weighted by Gasteiger charge is -2.23. The summed E-state index contributed by atoms with van der Waals surface area (Å²) >= 11 is 3.31. The number of halogens is 1. The zero-order valence-electron chi connectivity index (χ0n) is 13.8. The van der Waals surface area contributed by atoms with Gasteiger partial charge in [-0.25, -0.2) is 4.98 Å². The molecule has 1 amide bonds. The predicted octanol–water partition coefficient (Wildman–Crippen LogP) is 4.73. The highest BCUT2D eigenvalue weighted by molar-refractivity contribution is 9.10. The Morgan fingerprint density at radius 2 is 1.52 bits per heavy atom. The molecule has 0 atom stereocenters. The Kier molecular flexibility index (Phi) is 5.96. The predicted molar refractivity (Wildman–Crippen MR) is 103 cm³/mol. The molecule has 25 heavy (non-hydrogen) atoms. The van der Waals surface area contributed by atoms with Crippen molar-refractivity contribution in [1.82, 2.24) is 9.88 Å². The molecule has 0 spiro atoms. The average Bonchev–Trinajstić information content (AvgIpc) is 2.67. The number of carbonyl (C=O) groups excluding carboxylic acids is 1. The van der Waals surface area contributed by atoms with Gasteiger partial charge in [-0.1, -0.05) is 60.7 Å². The number of amides is 1. The number of hydrogen-bond acceptors (Lipinski definition) is 2. The van der Waals surface area contributed by atoms with Gasteiger partial charge in [0.1, 0.15) is 4.60 Å². The van der Waals surface area contributed by atoms with Gasteiger partial charge < -0.3 is 4.90 Å². The SMILES string of the molecule is O=C(c1ccc(Br)nc1)N(CCc1ccccc1)Cc1ccccc1. The van der Waals surface area contributed by atoms with Crippen molar-refractivity contribution in [3.8, 4) is 0 Å². The maximum Gasteiger partial charge on any atom is 0.255 e. The highest BCUT2D eigenvalue weighted by atomic mass is 79.9. The summed E-state index contributed by atoms with van der Waals surface area (Å²) in [5, 5.41) is 0. The van der Waals surface area contributed by atoms with Crippen molar-refractivity contribution in [2.75, 3.05) is 6.54 Å². The second-order valence-electron chi connectivity index (χ2n) is 5.82. The lowest BCUT2D eigenvalue weighted by Crippen LogP contribution is -2.32. The average molecular weight is 395 g/mol. The minimum absolute atomic E-state index is 0.000200. The van der Waals surface area contributed by atoms with E-state index in [2.05, 4.69) is 33.0 Å². The second kappa shape index (κ2) is 8.58. The summed E-state index contributed by atoms with van der Waals surface area (Å²) in [6, 6.07) is 23.9. The van der Waals surface area contributed by atoms with Crippen molar-refractivity contribution in [2.24, 2.45) is 0 Å². The van der Waals surface area contributed by atoms with Crippen LogP contribution in [0.1, 0.15) is 21.5 Å². The first-order chi connectivity index (χ1) is 12.2. The topological polar surface area (TPSA) is 33.2 Å². The van der Waals surface area contributed by atoms with Crippen molar-refractivity contribution in [1.29, 1.82) is 0 Å². The first kappa shape index (κ1) is 17.4. The Balaban J connectivity index is 1.77. The summed E-state index contributed by atoms with van der Waals surface area (Å²) in [7, 11) is 0. The maximum absolute atomic E-state index is 13.0. The summed E-state index contributed by atoms with van der Waals surface area (Å²) in [6.07, 6.45) is 2.44. The molecule has 0 unspecified atom stereocenters. The van der Waals surface area contributed by atoms with E-state index in [0.29, 0.717) is 18.7 Å². The molecule has 0 radical (unpaired) electrons. The molecule has 0 fully saturated rings. The lowest BCUT2D eigenvalue weighted by atomic mass is 10.1. The van der Waals surface area contributed by atoms with Gasteiger partial charge in [-0.05, 0) is 45.6 Å². The number of carbonyl (C=O) groups is 1. The van der Waals surface area contributed by atoms with Gasteiger partial charge in [0.15, 0.2) is 0 Å². The molecule has 3 rings (SSSR count). The Morgan fingerprint density at radius 3 is 2.12 bits per heavy atom. The van der Waals surface area contributed by atoms with Crippen LogP contribution in [0, 0.1) is 0 Å². The standard InChI is InChI=1S/C21H19BrN2O/c22-20-12-11-19(15-23-20)21(25)24(16-18-9-5-2-6-10-18)14-13-17-7-3-1-4-8-17/h1-12,15H,13-14,16H2. The third-order valence-electron chi connectivity index (χ3n) is 3.99. The zero-order valence-corrected chi connectivity index (χ0v) is 15.4. The van der Waals surface area contributed by atoms with E-state index in [0.717, 1.165) is 16.6 Å². The van der Waals surface area contributed by atoms with Crippen LogP contribution in [0.25, 0.3) is 0 Å². The minimum Gasteiger partial charge on any atom is -0.334 e. The molecule has 3 nitrogen and oxygen atoms in total. The first-order valence-electron chi connectivity index (χ1n) is 8.21. The highest BCUT2D eigenvalue weighted by Gasteiger charge is 2.16. The van der Waals surface area contributed by atoms with Crippen LogP contribution in [0.5, 0.6) is 0 Å². The number of aromatic nitrogens is 1. The van der Waals surface area contributed by atoms with Crippen LogP contribution in [0.4, 0.5) is 0 Å². The number of pyridine rings is 1. The Bertz CT molecular complexity index is 804. The Morgan fingerprint density at radius 1 is 0.880 bits per heavy atom. The fourth-order valence-electron chi connectivity index (χ4n) is 2.65. The van der Waals surface area contributed by atoms with Gasteiger partial charge in [-0.2, -0.15) is 0 Å². The summed E-state index contributed by atoms with van der Waals surface area (Å²) < 4.78 is 0.725. The molecule has 4 heteroatoms. The van der Waals surface area contributed by atoms with E-state index in [-0.39, 0.29) is 5.91 Å². The Hall–Kier alpha value is -2.46. The van der Waals surface area contributed by atoms with Gasteiger partial charge in [0, 0.05) is 19.3 Å². The fraction of sp³-hybridized carbons (Fsp3) is 0.143. The van der Waals surface area contributed by atoms with E-state index in [1.165, 1.54) is 5.56 Å². The van der Waals surface area contributed by atoms with Crippen LogP contribution in [-0.2, 0) is 13.0 Å². The van der Waals surface area contributed by atoms with E-state index in [9.17, 15) is 4.79 Å². The smallest absolute Gasteiger partial charge is 0.255 e. The molecule has 126 valence electrons. The van der Waals surface area contributed by atoms with Crippen molar-refractivity contribution < 1.29 is 4.79 Å². The number of hydrogen-bond donors (Lipinski definition) is 0. The van der Waals surface area contributed by atoms with Crippen LogP contribution >= 0.6 is 15.9 Å². The molecule has 0 aliphatic carbocycles. The third kappa shape index (κ3) is 5.00. The van der Waals surface area contributed by atoms with Crippen LogP contribution in [0.2, 0.25) is 0 Å². The minimum atomic E-state index is -0.000200. The van der Waals surface area contributed by atoms with Gasteiger partial charge in [-0.15, -0.1) is 0 Å². The van der Waals surface area contributed by atoms with Gasteiger partial charge in [-0.3, -0.25) is 4.79 Å². The molecular weight excluding hydrogens is 376 g/mol. The third-order valence-corrected chi connectivity index (χ3v) is 4.46. The fourth-order valence-corrected chi connectivity index (χ4v) is 2.88. The summed E-state index contributed by atoms with van der Waals surface area (Å²) in [5.41, 5.74) is 2.95. The monoisotopic (exact) mass is 394 g/mol. The number of rotatable bonds is 6. The van der Waals surface area contributed by atoms with E-state index in [1.54, 1.807) is 18.3 Å². The Labute approximate surface area is 156 Å². The molecule has 0 saturated carbocycles. The molecule has 0 saturated heterocycles. The summed E-state index contributed by atoms with van der Waals surface area (Å²) in [6.45, 7) is 1.25. The molecule has 0 N–H and O–H groups in total. The van der Waals surface area contributed by atoms with Gasteiger partial charge in [0.25, 0.3) is 5.91 Å². The zero-order chi connectivity index (χ0) is 17.5. The van der Waals surface area contributed by atoms with Crippen LogP contribution in [0.15, 0.2) is 83.6 Å². The summed E-state index contributed by atoms with van der Waals surface area (Å²) in [5.74, 6) is -0.000200. The van der Waals surface area contributed by atoms with Crippen molar-refractivity contribution in [3.05, 3.63) is 100 Å².